The third kappa shape index (κ3) is 1.49. The van der Waals surface area contributed by atoms with Gasteiger partial charge in [-0.15, -0.1) is 0 Å². The molecule has 4 heteroatoms. The van der Waals surface area contributed by atoms with E-state index in [1.54, 1.807) is 0 Å². The van der Waals surface area contributed by atoms with E-state index in [2.05, 4.69) is 22.6 Å². The molecule has 0 aliphatic heterocycles. The molecule has 0 saturated heterocycles. The molecule has 1 aromatic heterocycles. The van der Waals surface area contributed by atoms with E-state index in [1.807, 2.05) is 12.1 Å². The summed E-state index contributed by atoms with van der Waals surface area (Å²) in [5.41, 5.74) is 10.5. The van der Waals surface area contributed by atoms with Crippen molar-refractivity contribution in [1.29, 1.82) is 0 Å². The number of aryl methyl sites for hydroxylation is 1. The lowest BCUT2D eigenvalue weighted by atomic mass is 10.1. The van der Waals surface area contributed by atoms with Crippen LogP contribution in [-0.2, 0) is 12.8 Å². The summed E-state index contributed by atoms with van der Waals surface area (Å²) in [6.45, 7) is 0. The highest BCUT2D eigenvalue weighted by molar-refractivity contribution is 14.1. The fourth-order valence-electron chi connectivity index (χ4n) is 2.32. The zero-order chi connectivity index (χ0) is 11.3. The number of nitrogen functional groups attached to an aromatic ring is 1. The molecule has 2 nitrogen and oxygen atoms in total. The number of rotatable bonds is 0. The molecule has 0 fully saturated rings. The highest BCUT2D eigenvalue weighted by Crippen LogP contribution is 2.35. The molecule has 0 atom stereocenters. The summed E-state index contributed by atoms with van der Waals surface area (Å²) in [4.78, 5) is 4.71. The van der Waals surface area contributed by atoms with E-state index in [1.165, 1.54) is 11.3 Å². The molecule has 0 amide bonds. The normalized spacial score (nSPS) is 14.4. The van der Waals surface area contributed by atoms with Crippen molar-refractivity contribution in [2.45, 2.75) is 19.3 Å². The van der Waals surface area contributed by atoms with Crippen LogP contribution in [0.3, 0.4) is 0 Å². The summed E-state index contributed by atoms with van der Waals surface area (Å²) < 4.78 is 1.07. The Balaban J connectivity index is 2.46. The fourth-order valence-corrected chi connectivity index (χ4v) is 3.47. The van der Waals surface area contributed by atoms with Gasteiger partial charge in [-0.05, 0) is 59.5 Å². The van der Waals surface area contributed by atoms with Crippen molar-refractivity contribution in [3.8, 4) is 0 Å². The monoisotopic (exact) mass is 344 g/mol. The van der Waals surface area contributed by atoms with Crippen molar-refractivity contribution < 1.29 is 0 Å². The Morgan fingerprint density at radius 3 is 2.94 bits per heavy atom. The number of fused-ring (bicyclic) bond motifs is 2. The Morgan fingerprint density at radius 2 is 2.12 bits per heavy atom. The van der Waals surface area contributed by atoms with Gasteiger partial charge in [0.05, 0.1) is 5.52 Å². The van der Waals surface area contributed by atoms with Crippen LogP contribution in [0, 0.1) is 3.57 Å². The van der Waals surface area contributed by atoms with Crippen molar-refractivity contribution in [1.82, 2.24) is 4.98 Å². The molecule has 0 bridgehead atoms. The maximum absolute atomic E-state index is 6.21. The summed E-state index contributed by atoms with van der Waals surface area (Å²) in [5, 5.41) is 1.72. The number of hydrogen-bond acceptors (Lipinski definition) is 2. The van der Waals surface area contributed by atoms with Crippen molar-refractivity contribution in [3.63, 3.8) is 0 Å². The second-order valence-electron chi connectivity index (χ2n) is 4.09. The summed E-state index contributed by atoms with van der Waals surface area (Å²) >= 11 is 8.32. The highest BCUT2D eigenvalue weighted by atomic mass is 127. The van der Waals surface area contributed by atoms with E-state index in [0.29, 0.717) is 0 Å². The molecule has 0 radical (unpaired) electrons. The lowest BCUT2D eigenvalue weighted by Crippen LogP contribution is -1.99. The van der Waals surface area contributed by atoms with Gasteiger partial charge in [0.15, 0.2) is 0 Å². The van der Waals surface area contributed by atoms with Crippen LogP contribution in [0.25, 0.3) is 10.9 Å². The van der Waals surface area contributed by atoms with Gasteiger partial charge in [0.1, 0.15) is 0 Å². The summed E-state index contributed by atoms with van der Waals surface area (Å²) in [6, 6.07) is 3.85. The molecule has 1 heterocycles. The molecule has 2 N–H and O–H groups in total. The maximum Gasteiger partial charge on any atom is 0.0860 e. The number of pyridine rings is 1. The lowest BCUT2D eigenvalue weighted by Gasteiger charge is -2.09. The topological polar surface area (TPSA) is 38.9 Å². The van der Waals surface area contributed by atoms with Crippen LogP contribution in [0.2, 0.25) is 5.02 Å². The van der Waals surface area contributed by atoms with Gasteiger partial charge in [-0.25, -0.2) is 0 Å². The average molecular weight is 345 g/mol. The van der Waals surface area contributed by atoms with Crippen LogP contribution >= 0.6 is 34.2 Å². The molecule has 3 rings (SSSR count). The predicted molar refractivity (Wildman–Crippen MR) is 75.9 cm³/mol. The molecule has 1 aliphatic carbocycles. The number of nitrogens with two attached hydrogens (primary N) is 1. The Kier molecular flexibility index (Phi) is 2.47. The van der Waals surface area contributed by atoms with E-state index < -0.39 is 0 Å². The quantitative estimate of drug-likeness (QED) is 0.742. The second kappa shape index (κ2) is 3.74. The molecule has 16 heavy (non-hydrogen) atoms. The van der Waals surface area contributed by atoms with Crippen LogP contribution in [0.15, 0.2) is 12.1 Å². The summed E-state index contributed by atoms with van der Waals surface area (Å²) in [7, 11) is 0. The van der Waals surface area contributed by atoms with Crippen molar-refractivity contribution in [2.24, 2.45) is 0 Å². The van der Waals surface area contributed by atoms with Crippen LogP contribution in [0.4, 0.5) is 5.69 Å². The number of nitrogens with zero attached hydrogens (tertiary/aromatic N) is 1. The first-order valence-corrected chi connectivity index (χ1v) is 6.68. The van der Waals surface area contributed by atoms with E-state index in [-0.39, 0.29) is 0 Å². The van der Waals surface area contributed by atoms with E-state index >= 15 is 0 Å². The van der Waals surface area contributed by atoms with Crippen molar-refractivity contribution >= 4 is 50.8 Å². The first-order chi connectivity index (χ1) is 7.66. The molecule has 0 saturated carbocycles. The van der Waals surface area contributed by atoms with Gasteiger partial charge in [0, 0.05) is 25.4 Å². The standard InChI is InChI=1S/C12H10ClIN2/c13-6-4-8-11(15)7-2-1-3-10(7)16-12(8)9(14)5-6/h4-5H,1-3H2,(H2,15,16). The number of anilines is 1. The molecule has 2 aromatic rings. The minimum Gasteiger partial charge on any atom is -0.398 e. The largest absolute Gasteiger partial charge is 0.398 e. The Morgan fingerprint density at radius 1 is 1.31 bits per heavy atom. The second-order valence-corrected chi connectivity index (χ2v) is 5.69. The molecule has 1 aromatic carbocycles. The van der Waals surface area contributed by atoms with Crippen LogP contribution < -0.4 is 5.73 Å². The lowest BCUT2D eigenvalue weighted by molar-refractivity contribution is 0.901. The Hall–Kier alpha value is -0.550. The zero-order valence-corrected chi connectivity index (χ0v) is 11.5. The Labute approximate surface area is 112 Å². The van der Waals surface area contributed by atoms with Gasteiger partial charge >= 0.3 is 0 Å². The Bertz CT molecular complexity index is 595. The first kappa shape index (κ1) is 10.6. The molecule has 82 valence electrons. The van der Waals surface area contributed by atoms with Crippen LogP contribution in [-0.4, -0.2) is 4.98 Å². The predicted octanol–water partition coefficient (Wildman–Crippen LogP) is 3.56. The van der Waals surface area contributed by atoms with Gasteiger partial charge < -0.3 is 5.73 Å². The van der Waals surface area contributed by atoms with E-state index in [0.717, 1.165) is 44.4 Å². The third-order valence-electron chi connectivity index (χ3n) is 3.08. The number of benzene rings is 1. The van der Waals surface area contributed by atoms with Crippen molar-refractivity contribution in [3.05, 3.63) is 32.0 Å². The number of hydrogen-bond donors (Lipinski definition) is 1. The number of halogens is 2. The summed E-state index contributed by atoms with van der Waals surface area (Å²) in [5.74, 6) is 0. The molecular formula is C12H10ClIN2. The molecular weight excluding hydrogens is 335 g/mol. The van der Waals surface area contributed by atoms with E-state index in [4.69, 9.17) is 22.3 Å². The number of aromatic nitrogens is 1. The van der Waals surface area contributed by atoms with Crippen LogP contribution in [0.1, 0.15) is 17.7 Å². The van der Waals surface area contributed by atoms with Gasteiger partial charge in [-0.2, -0.15) is 0 Å². The SMILES string of the molecule is Nc1c2c(nc3c(I)cc(Cl)cc13)CCC2. The molecule has 1 aliphatic rings. The smallest absolute Gasteiger partial charge is 0.0860 e. The van der Waals surface area contributed by atoms with Gasteiger partial charge in [-0.1, -0.05) is 11.6 Å². The third-order valence-corrected chi connectivity index (χ3v) is 4.12. The van der Waals surface area contributed by atoms with Crippen LogP contribution in [0.5, 0.6) is 0 Å². The highest BCUT2D eigenvalue weighted by Gasteiger charge is 2.19. The van der Waals surface area contributed by atoms with Gasteiger partial charge in [0.25, 0.3) is 0 Å². The minimum absolute atomic E-state index is 0.725. The molecule has 0 spiro atoms. The zero-order valence-electron chi connectivity index (χ0n) is 8.56. The van der Waals surface area contributed by atoms with E-state index in [9.17, 15) is 0 Å². The molecule has 0 unspecified atom stereocenters. The first-order valence-electron chi connectivity index (χ1n) is 5.23. The van der Waals surface area contributed by atoms with Gasteiger partial charge in [-0.3, -0.25) is 4.98 Å². The summed E-state index contributed by atoms with van der Waals surface area (Å²) in [6.07, 6.45) is 3.26. The van der Waals surface area contributed by atoms with Gasteiger partial charge in [0.2, 0.25) is 0 Å². The average Bonchev–Trinajstić information content (AvgIpc) is 2.68. The minimum atomic E-state index is 0.725. The fraction of sp³-hybridized carbons (Fsp3) is 0.250. The van der Waals surface area contributed by atoms with Crippen molar-refractivity contribution in [2.75, 3.05) is 5.73 Å². The maximum atomic E-state index is 6.21.